The minimum absolute atomic E-state index is 0.0263. The number of ether oxygens (including phenoxy) is 2. The van der Waals surface area contributed by atoms with Crippen molar-refractivity contribution in [1.29, 1.82) is 0 Å². The van der Waals surface area contributed by atoms with Crippen LogP contribution in [0.4, 0.5) is 0 Å². The van der Waals surface area contributed by atoms with Gasteiger partial charge < -0.3 is 15.2 Å². The van der Waals surface area contributed by atoms with E-state index in [2.05, 4.69) is 27.7 Å². The van der Waals surface area contributed by atoms with Crippen LogP contribution < -0.4 is 15.2 Å². The van der Waals surface area contributed by atoms with Crippen LogP contribution in [0.25, 0.3) is 0 Å². The summed E-state index contributed by atoms with van der Waals surface area (Å²) in [7, 11) is 3.13. The Kier molecular flexibility index (Phi) is 5.03. The summed E-state index contributed by atoms with van der Waals surface area (Å²) in [6.07, 6.45) is 0.916. The van der Waals surface area contributed by atoms with Crippen molar-refractivity contribution in [3.63, 3.8) is 0 Å². The monoisotopic (exact) mass is 279 g/mol. The van der Waals surface area contributed by atoms with Gasteiger partial charge in [0.05, 0.1) is 14.2 Å². The summed E-state index contributed by atoms with van der Waals surface area (Å²) in [4.78, 5) is 11.8. The van der Waals surface area contributed by atoms with E-state index in [1.165, 1.54) is 0 Å². The van der Waals surface area contributed by atoms with Crippen LogP contribution in [0, 0.1) is 5.41 Å². The average Bonchev–Trinajstić information content (AvgIpc) is 2.36. The second-order valence-electron chi connectivity index (χ2n) is 5.99. The van der Waals surface area contributed by atoms with Crippen molar-refractivity contribution in [3.8, 4) is 11.5 Å². The zero-order chi connectivity index (χ0) is 15.5. The van der Waals surface area contributed by atoms with E-state index in [0.717, 1.165) is 12.0 Å². The highest BCUT2D eigenvalue weighted by atomic mass is 16.5. The standard InChI is InChI=1S/C16H25NO3/c1-7-12(16(2,3)4)10-8-13(19-5)14(20-6)9-11(10)15(17)18/h8-9,12H,7H2,1-6H3,(H2,17,18). The lowest BCUT2D eigenvalue weighted by Crippen LogP contribution is -2.23. The third-order valence-corrected chi connectivity index (χ3v) is 3.65. The van der Waals surface area contributed by atoms with E-state index in [4.69, 9.17) is 15.2 Å². The average molecular weight is 279 g/mol. The molecule has 0 saturated heterocycles. The highest BCUT2D eigenvalue weighted by Gasteiger charge is 2.29. The van der Waals surface area contributed by atoms with Gasteiger partial charge >= 0.3 is 0 Å². The van der Waals surface area contributed by atoms with Gasteiger partial charge in [-0.15, -0.1) is 0 Å². The molecule has 0 saturated carbocycles. The first kappa shape index (κ1) is 16.3. The summed E-state index contributed by atoms with van der Waals surface area (Å²) < 4.78 is 10.6. The quantitative estimate of drug-likeness (QED) is 0.899. The number of methoxy groups -OCH3 is 2. The van der Waals surface area contributed by atoms with Gasteiger partial charge in [-0.1, -0.05) is 27.7 Å². The molecule has 0 bridgehead atoms. The van der Waals surface area contributed by atoms with Crippen molar-refractivity contribution in [1.82, 2.24) is 0 Å². The topological polar surface area (TPSA) is 61.6 Å². The van der Waals surface area contributed by atoms with Crippen LogP contribution in [-0.4, -0.2) is 20.1 Å². The Hall–Kier alpha value is -1.71. The molecule has 20 heavy (non-hydrogen) atoms. The van der Waals surface area contributed by atoms with E-state index in [0.29, 0.717) is 17.1 Å². The van der Waals surface area contributed by atoms with Gasteiger partial charge in [0.25, 0.3) is 0 Å². The zero-order valence-electron chi connectivity index (χ0n) is 13.2. The molecule has 1 unspecified atom stereocenters. The van der Waals surface area contributed by atoms with Gasteiger partial charge in [0, 0.05) is 5.56 Å². The van der Waals surface area contributed by atoms with Crippen molar-refractivity contribution >= 4 is 5.91 Å². The van der Waals surface area contributed by atoms with E-state index in [1.54, 1.807) is 20.3 Å². The normalized spacial score (nSPS) is 12.9. The second kappa shape index (κ2) is 6.16. The number of nitrogens with two attached hydrogens (primary N) is 1. The SMILES string of the molecule is CCC(c1cc(OC)c(OC)cc1C(N)=O)C(C)(C)C. The van der Waals surface area contributed by atoms with Gasteiger partial charge in [-0.05, 0) is 35.4 Å². The van der Waals surface area contributed by atoms with Gasteiger partial charge in [-0.3, -0.25) is 4.79 Å². The van der Waals surface area contributed by atoms with Gasteiger partial charge in [0.15, 0.2) is 11.5 Å². The number of primary amides is 1. The molecule has 1 amide bonds. The molecule has 0 fully saturated rings. The molecule has 0 aliphatic rings. The van der Waals surface area contributed by atoms with Gasteiger partial charge in [-0.25, -0.2) is 0 Å². The number of hydrogen-bond acceptors (Lipinski definition) is 3. The predicted octanol–water partition coefficient (Wildman–Crippen LogP) is 3.34. The summed E-state index contributed by atoms with van der Waals surface area (Å²) in [5, 5.41) is 0. The fourth-order valence-corrected chi connectivity index (χ4v) is 2.70. The Morgan fingerprint density at radius 3 is 2.05 bits per heavy atom. The fraction of sp³-hybridized carbons (Fsp3) is 0.562. The molecule has 1 rings (SSSR count). The predicted molar refractivity (Wildman–Crippen MR) is 80.6 cm³/mol. The summed E-state index contributed by atoms with van der Waals surface area (Å²) in [5.74, 6) is 0.914. The summed E-state index contributed by atoms with van der Waals surface area (Å²) in [6.45, 7) is 8.57. The summed E-state index contributed by atoms with van der Waals surface area (Å²) in [5.41, 5.74) is 6.98. The highest BCUT2D eigenvalue weighted by molar-refractivity contribution is 5.95. The Bertz CT molecular complexity index is 489. The molecule has 0 aliphatic carbocycles. The van der Waals surface area contributed by atoms with Crippen molar-refractivity contribution in [2.24, 2.45) is 11.1 Å². The van der Waals surface area contributed by atoms with Crippen LogP contribution in [0.3, 0.4) is 0 Å². The molecule has 0 radical (unpaired) electrons. The molecular formula is C16H25NO3. The summed E-state index contributed by atoms with van der Waals surface area (Å²) >= 11 is 0. The Labute approximate surface area is 121 Å². The number of hydrogen-bond donors (Lipinski definition) is 1. The largest absolute Gasteiger partial charge is 0.493 e. The van der Waals surface area contributed by atoms with E-state index >= 15 is 0 Å². The number of rotatable bonds is 5. The molecule has 1 aromatic rings. The van der Waals surface area contributed by atoms with Crippen LogP contribution in [-0.2, 0) is 0 Å². The molecule has 1 aromatic carbocycles. The highest BCUT2D eigenvalue weighted by Crippen LogP contribution is 2.42. The van der Waals surface area contributed by atoms with Crippen LogP contribution in [0.15, 0.2) is 12.1 Å². The van der Waals surface area contributed by atoms with Crippen molar-refractivity contribution < 1.29 is 14.3 Å². The fourth-order valence-electron chi connectivity index (χ4n) is 2.70. The molecule has 0 aliphatic heterocycles. The van der Waals surface area contributed by atoms with Crippen LogP contribution in [0.5, 0.6) is 11.5 Å². The van der Waals surface area contributed by atoms with Gasteiger partial charge in [0.2, 0.25) is 5.91 Å². The maximum atomic E-state index is 11.8. The number of benzene rings is 1. The van der Waals surface area contributed by atoms with E-state index in [9.17, 15) is 4.79 Å². The van der Waals surface area contributed by atoms with Gasteiger partial charge in [-0.2, -0.15) is 0 Å². The molecule has 112 valence electrons. The Morgan fingerprint density at radius 2 is 1.70 bits per heavy atom. The maximum absolute atomic E-state index is 11.8. The maximum Gasteiger partial charge on any atom is 0.249 e. The van der Waals surface area contributed by atoms with Crippen LogP contribution in [0.1, 0.15) is 56.0 Å². The molecule has 0 aromatic heterocycles. The summed E-state index contributed by atoms with van der Waals surface area (Å²) in [6, 6.07) is 3.54. The van der Waals surface area contributed by atoms with Crippen molar-refractivity contribution in [3.05, 3.63) is 23.3 Å². The number of carbonyl (C=O) groups excluding carboxylic acids is 1. The first-order valence-corrected chi connectivity index (χ1v) is 6.81. The second-order valence-corrected chi connectivity index (χ2v) is 5.99. The van der Waals surface area contributed by atoms with Crippen LogP contribution in [0.2, 0.25) is 0 Å². The lowest BCUT2D eigenvalue weighted by atomic mass is 9.73. The lowest BCUT2D eigenvalue weighted by molar-refractivity contribution is 0.0997. The van der Waals surface area contributed by atoms with E-state index in [-0.39, 0.29) is 11.3 Å². The van der Waals surface area contributed by atoms with Crippen molar-refractivity contribution in [2.45, 2.75) is 40.0 Å². The third-order valence-electron chi connectivity index (χ3n) is 3.65. The minimum atomic E-state index is -0.441. The minimum Gasteiger partial charge on any atom is -0.493 e. The molecule has 0 heterocycles. The smallest absolute Gasteiger partial charge is 0.249 e. The molecule has 4 heteroatoms. The third kappa shape index (κ3) is 3.24. The van der Waals surface area contributed by atoms with E-state index < -0.39 is 5.91 Å². The van der Waals surface area contributed by atoms with Gasteiger partial charge in [0.1, 0.15) is 0 Å². The Balaban J connectivity index is 3.54. The molecule has 1 atom stereocenters. The Morgan fingerprint density at radius 1 is 1.20 bits per heavy atom. The zero-order valence-corrected chi connectivity index (χ0v) is 13.2. The van der Waals surface area contributed by atoms with Crippen molar-refractivity contribution in [2.75, 3.05) is 14.2 Å². The van der Waals surface area contributed by atoms with Crippen LogP contribution >= 0.6 is 0 Å². The molecule has 0 spiro atoms. The molecule has 4 nitrogen and oxygen atoms in total. The molecule has 2 N–H and O–H groups in total. The first-order chi connectivity index (χ1) is 9.26. The number of carbonyl (C=O) groups is 1. The number of amides is 1. The first-order valence-electron chi connectivity index (χ1n) is 6.81. The van der Waals surface area contributed by atoms with E-state index in [1.807, 2.05) is 6.07 Å². The molecular weight excluding hydrogens is 254 g/mol. The lowest BCUT2D eigenvalue weighted by Gasteiger charge is -2.32.